The monoisotopic (exact) mass is 369 g/mol. The van der Waals surface area contributed by atoms with Crippen LogP contribution in [0.15, 0.2) is 0 Å². The van der Waals surface area contributed by atoms with Gasteiger partial charge in [-0.3, -0.25) is 4.79 Å². The number of amides is 1. The summed E-state index contributed by atoms with van der Waals surface area (Å²) in [7, 11) is 0. The molecule has 3 aromatic rings. The molecule has 0 bridgehead atoms. The molecule has 2 aliphatic rings. The first-order valence-electron chi connectivity index (χ1n) is 9.62. The molecule has 0 unspecified atom stereocenters. The summed E-state index contributed by atoms with van der Waals surface area (Å²) in [6.07, 6.45) is 7.98. The number of rotatable bonds is 1. The Morgan fingerprint density at radius 3 is 2.85 bits per heavy atom. The molecule has 136 valence electrons. The molecule has 0 saturated carbocycles. The van der Waals surface area contributed by atoms with Gasteiger partial charge in [0.15, 0.2) is 5.65 Å². The van der Waals surface area contributed by atoms with Crippen molar-refractivity contribution in [2.45, 2.75) is 64.8 Å². The minimum Gasteiger partial charge on any atom is -0.333 e. The molecule has 1 saturated heterocycles. The van der Waals surface area contributed by atoms with Gasteiger partial charge in [-0.25, -0.2) is 9.97 Å². The maximum Gasteiger partial charge on any atom is 0.293 e. The molecule has 6 nitrogen and oxygen atoms in total. The van der Waals surface area contributed by atoms with Gasteiger partial charge in [0.1, 0.15) is 10.7 Å². The number of hydrogen-bond acceptors (Lipinski definition) is 5. The molecule has 5 rings (SSSR count). The molecule has 1 aliphatic carbocycles. The minimum absolute atomic E-state index is 0.0439. The molecule has 26 heavy (non-hydrogen) atoms. The number of hydrogen-bond donors (Lipinski definition) is 0. The third-order valence-corrected chi connectivity index (χ3v) is 6.99. The van der Waals surface area contributed by atoms with Crippen LogP contribution in [-0.4, -0.2) is 43.0 Å². The van der Waals surface area contributed by atoms with Crippen LogP contribution in [0.3, 0.4) is 0 Å². The van der Waals surface area contributed by atoms with E-state index in [2.05, 4.69) is 12.0 Å². The van der Waals surface area contributed by atoms with Crippen LogP contribution in [0.1, 0.15) is 65.9 Å². The summed E-state index contributed by atoms with van der Waals surface area (Å²) in [5.41, 5.74) is 2.19. The highest BCUT2D eigenvalue weighted by atomic mass is 32.1. The summed E-state index contributed by atoms with van der Waals surface area (Å²) < 4.78 is 1.77. The summed E-state index contributed by atoms with van der Waals surface area (Å²) in [5.74, 6) is 1.06. The van der Waals surface area contributed by atoms with Gasteiger partial charge < -0.3 is 4.90 Å². The van der Waals surface area contributed by atoms with E-state index in [9.17, 15) is 4.79 Å². The normalized spacial score (nSPS) is 20.7. The van der Waals surface area contributed by atoms with Gasteiger partial charge in [-0.1, -0.05) is 0 Å². The van der Waals surface area contributed by atoms with E-state index in [1.54, 1.807) is 15.9 Å². The highest BCUT2D eigenvalue weighted by molar-refractivity contribution is 7.19. The van der Waals surface area contributed by atoms with Crippen molar-refractivity contribution in [1.82, 2.24) is 24.5 Å². The number of nitrogens with zero attached hydrogens (tertiary/aromatic N) is 5. The Morgan fingerprint density at radius 2 is 2.00 bits per heavy atom. The van der Waals surface area contributed by atoms with E-state index < -0.39 is 0 Å². The van der Waals surface area contributed by atoms with Crippen molar-refractivity contribution in [1.29, 1.82) is 0 Å². The highest BCUT2D eigenvalue weighted by Gasteiger charge is 2.29. The number of aryl methyl sites for hydroxylation is 3. The molecule has 0 radical (unpaired) electrons. The lowest BCUT2D eigenvalue weighted by Gasteiger charge is -2.32. The number of aromatic nitrogens is 4. The molecule has 1 amide bonds. The van der Waals surface area contributed by atoms with Crippen molar-refractivity contribution < 1.29 is 4.79 Å². The Bertz CT molecular complexity index is 1020. The zero-order chi connectivity index (χ0) is 17.8. The van der Waals surface area contributed by atoms with Crippen molar-refractivity contribution in [3.8, 4) is 0 Å². The predicted octanol–water partition coefficient (Wildman–Crippen LogP) is 3.54. The van der Waals surface area contributed by atoms with E-state index in [-0.39, 0.29) is 11.9 Å². The standard InChI is InChI=1S/C19H23N5OS/c1-11-7-5-6-10-23(11)19(25)16-21-17-15-13-8-3-4-9-14(13)26-18(15)20-12(2)24(17)22-16/h11H,3-10H2,1-2H3/t11-/m1/s1. The first-order chi connectivity index (χ1) is 12.6. The van der Waals surface area contributed by atoms with E-state index in [1.807, 2.05) is 11.8 Å². The summed E-state index contributed by atoms with van der Waals surface area (Å²) in [5, 5.41) is 5.68. The van der Waals surface area contributed by atoms with Crippen LogP contribution in [0, 0.1) is 6.92 Å². The Labute approximate surface area is 156 Å². The Hall–Kier alpha value is -2.02. The van der Waals surface area contributed by atoms with Crippen LogP contribution in [0.5, 0.6) is 0 Å². The molecule has 3 aromatic heterocycles. The van der Waals surface area contributed by atoms with Crippen LogP contribution in [0.4, 0.5) is 0 Å². The zero-order valence-electron chi connectivity index (χ0n) is 15.3. The number of fused-ring (bicyclic) bond motifs is 5. The predicted molar refractivity (Wildman–Crippen MR) is 102 cm³/mol. The Kier molecular flexibility index (Phi) is 3.74. The highest BCUT2D eigenvalue weighted by Crippen LogP contribution is 2.37. The molecule has 1 atom stereocenters. The molecular weight excluding hydrogens is 346 g/mol. The smallest absolute Gasteiger partial charge is 0.293 e. The number of thiophene rings is 1. The number of carbonyl (C=O) groups is 1. The SMILES string of the molecule is Cc1nc2sc3c(c2c2nc(C(=O)N4CCCC[C@H]4C)nn12)CCCC3. The van der Waals surface area contributed by atoms with Crippen molar-refractivity contribution in [2.24, 2.45) is 0 Å². The lowest BCUT2D eigenvalue weighted by Crippen LogP contribution is -2.42. The van der Waals surface area contributed by atoms with Crippen molar-refractivity contribution in [3.05, 3.63) is 22.1 Å². The molecule has 0 N–H and O–H groups in total. The molecule has 1 fully saturated rings. The number of likely N-dealkylation sites (tertiary alicyclic amines) is 1. The van der Waals surface area contributed by atoms with E-state index in [0.717, 1.165) is 53.9 Å². The van der Waals surface area contributed by atoms with E-state index in [4.69, 9.17) is 9.97 Å². The van der Waals surface area contributed by atoms with Gasteiger partial charge in [0.05, 0.1) is 5.39 Å². The first kappa shape index (κ1) is 16.2. The van der Waals surface area contributed by atoms with E-state index in [0.29, 0.717) is 5.82 Å². The van der Waals surface area contributed by atoms with E-state index in [1.165, 1.54) is 29.7 Å². The topological polar surface area (TPSA) is 63.4 Å². The largest absolute Gasteiger partial charge is 0.333 e. The fourth-order valence-electron chi connectivity index (χ4n) is 4.37. The van der Waals surface area contributed by atoms with Crippen LogP contribution in [-0.2, 0) is 12.8 Å². The van der Waals surface area contributed by atoms with Gasteiger partial charge in [0.2, 0.25) is 5.82 Å². The average Bonchev–Trinajstić information content (AvgIpc) is 3.23. The van der Waals surface area contributed by atoms with Gasteiger partial charge in [0, 0.05) is 17.5 Å². The maximum absolute atomic E-state index is 13.0. The van der Waals surface area contributed by atoms with Gasteiger partial charge in [-0.2, -0.15) is 4.52 Å². The van der Waals surface area contributed by atoms with Crippen molar-refractivity contribution >= 4 is 33.1 Å². The first-order valence-corrected chi connectivity index (χ1v) is 10.4. The maximum atomic E-state index is 13.0. The fourth-order valence-corrected chi connectivity index (χ4v) is 5.67. The molecule has 1 aliphatic heterocycles. The molecule has 0 aromatic carbocycles. The average molecular weight is 369 g/mol. The van der Waals surface area contributed by atoms with Crippen molar-refractivity contribution in [3.63, 3.8) is 0 Å². The zero-order valence-corrected chi connectivity index (χ0v) is 16.1. The summed E-state index contributed by atoms with van der Waals surface area (Å²) >= 11 is 1.79. The number of piperidine rings is 1. The van der Waals surface area contributed by atoms with Gasteiger partial charge in [-0.05, 0) is 64.4 Å². The summed E-state index contributed by atoms with van der Waals surface area (Å²) in [6.45, 7) is 4.86. The second-order valence-electron chi connectivity index (χ2n) is 7.56. The second-order valence-corrected chi connectivity index (χ2v) is 8.65. The summed E-state index contributed by atoms with van der Waals surface area (Å²) in [6, 6.07) is 0.260. The molecule has 4 heterocycles. The minimum atomic E-state index is -0.0439. The van der Waals surface area contributed by atoms with Gasteiger partial charge in [0.25, 0.3) is 5.91 Å². The fraction of sp³-hybridized carbons (Fsp3) is 0.579. The lowest BCUT2D eigenvalue weighted by molar-refractivity contribution is 0.0623. The third kappa shape index (κ3) is 2.36. The second kappa shape index (κ2) is 6.01. The molecule has 0 spiro atoms. The van der Waals surface area contributed by atoms with Crippen LogP contribution < -0.4 is 0 Å². The van der Waals surface area contributed by atoms with Gasteiger partial charge >= 0.3 is 0 Å². The van der Waals surface area contributed by atoms with E-state index >= 15 is 0 Å². The van der Waals surface area contributed by atoms with Crippen LogP contribution in [0.25, 0.3) is 15.9 Å². The van der Waals surface area contributed by atoms with Gasteiger partial charge in [-0.15, -0.1) is 16.4 Å². The quantitative estimate of drug-likeness (QED) is 0.658. The lowest BCUT2D eigenvalue weighted by atomic mass is 9.97. The van der Waals surface area contributed by atoms with Crippen LogP contribution >= 0.6 is 11.3 Å². The summed E-state index contributed by atoms with van der Waals surface area (Å²) in [4.78, 5) is 26.9. The Morgan fingerprint density at radius 1 is 1.15 bits per heavy atom. The van der Waals surface area contributed by atoms with Crippen molar-refractivity contribution in [2.75, 3.05) is 6.54 Å². The molecular formula is C19H23N5OS. The Balaban J connectivity index is 1.67. The van der Waals surface area contributed by atoms with Crippen LogP contribution in [0.2, 0.25) is 0 Å². The number of carbonyl (C=O) groups excluding carboxylic acids is 1. The third-order valence-electron chi connectivity index (χ3n) is 5.81. The molecule has 7 heteroatoms.